The normalized spacial score (nSPS) is 15.2. The first-order valence-corrected chi connectivity index (χ1v) is 9.65. The van der Waals surface area contributed by atoms with Crippen molar-refractivity contribution in [3.63, 3.8) is 0 Å². The van der Waals surface area contributed by atoms with E-state index in [4.69, 9.17) is 0 Å². The van der Waals surface area contributed by atoms with Gasteiger partial charge in [-0.15, -0.1) is 0 Å². The summed E-state index contributed by atoms with van der Waals surface area (Å²) in [5.74, 6) is 0.885. The molecule has 0 aliphatic heterocycles. The number of nitrogens with one attached hydrogen (secondary N) is 3. The summed E-state index contributed by atoms with van der Waals surface area (Å²) in [6.07, 6.45) is 7.16. The van der Waals surface area contributed by atoms with Gasteiger partial charge in [-0.2, -0.15) is 0 Å². The van der Waals surface area contributed by atoms with Gasteiger partial charge in [0.05, 0.1) is 6.54 Å². The van der Waals surface area contributed by atoms with Crippen molar-refractivity contribution in [2.24, 2.45) is 4.99 Å². The predicted molar refractivity (Wildman–Crippen MR) is 104 cm³/mol. The van der Waals surface area contributed by atoms with Crippen LogP contribution in [-0.2, 0) is 6.54 Å². The third kappa shape index (κ3) is 6.77. The summed E-state index contributed by atoms with van der Waals surface area (Å²) in [5, 5.41) is 9.77. The van der Waals surface area contributed by atoms with E-state index in [0.717, 1.165) is 37.5 Å². The molecular formula is C20H32N4O. The third-order valence-corrected chi connectivity index (χ3v) is 4.49. The molecule has 0 bridgehead atoms. The highest BCUT2D eigenvalue weighted by molar-refractivity contribution is 5.94. The summed E-state index contributed by atoms with van der Waals surface area (Å²) in [4.78, 5) is 16.7. The topological polar surface area (TPSA) is 65.5 Å². The van der Waals surface area contributed by atoms with Crippen LogP contribution in [0.1, 0.15) is 68.3 Å². The van der Waals surface area contributed by atoms with Gasteiger partial charge in [0.25, 0.3) is 5.91 Å². The number of carbonyl (C=O) groups excluding carboxylic acids is 1. The van der Waals surface area contributed by atoms with Crippen LogP contribution in [-0.4, -0.2) is 31.0 Å². The van der Waals surface area contributed by atoms with Crippen LogP contribution in [0.4, 0.5) is 0 Å². The molecule has 1 aromatic rings. The van der Waals surface area contributed by atoms with E-state index in [2.05, 4.69) is 34.8 Å². The fourth-order valence-electron chi connectivity index (χ4n) is 3.00. The molecule has 3 N–H and O–H groups in total. The molecule has 5 heteroatoms. The van der Waals surface area contributed by atoms with Crippen LogP contribution in [0.2, 0.25) is 0 Å². The number of rotatable bonds is 8. The number of guanidine groups is 1. The standard InChI is InChI=1S/C20H32N4O/c1-3-5-14-22-19(25)17-12-10-16(11-13-17)15-23-20(21-4-2)24-18-8-6-7-9-18/h10-13,18H,3-9,14-15H2,1-2H3,(H,22,25)(H2,21,23,24). The van der Waals surface area contributed by atoms with Crippen molar-refractivity contribution in [1.29, 1.82) is 0 Å². The lowest BCUT2D eigenvalue weighted by Crippen LogP contribution is -2.42. The molecule has 0 spiro atoms. The Labute approximate surface area is 151 Å². The minimum atomic E-state index is -0.000241. The zero-order valence-corrected chi connectivity index (χ0v) is 15.6. The number of hydrogen-bond acceptors (Lipinski definition) is 2. The maximum atomic E-state index is 12.0. The van der Waals surface area contributed by atoms with Gasteiger partial charge < -0.3 is 16.0 Å². The summed E-state index contributed by atoms with van der Waals surface area (Å²) in [6, 6.07) is 8.27. The van der Waals surface area contributed by atoms with Gasteiger partial charge in [-0.1, -0.05) is 38.3 Å². The second kappa shape index (κ2) is 10.7. The first kappa shape index (κ1) is 19.3. The van der Waals surface area contributed by atoms with Gasteiger partial charge in [0.15, 0.2) is 5.96 Å². The van der Waals surface area contributed by atoms with E-state index >= 15 is 0 Å². The molecule has 5 nitrogen and oxygen atoms in total. The number of unbranched alkanes of at least 4 members (excludes halogenated alkanes) is 1. The highest BCUT2D eigenvalue weighted by Crippen LogP contribution is 2.17. The minimum Gasteiger partial charge on any atom is -0.357 e. The molecule has 0 unspecified atom stereocenters. The fraction of sp³-hybridized carbons (Fsp3) is 0.600. The van der Waals surface area contributed by atoms with Gasteiger partial charge in [-0.05, 0) is 43.9 Å². The van der Waals surface area contributed by atoms with E-state index < -0.39 is 0 Å². The molecule has 1 aliphatic carbocycles. The molecule has 0 radical (unpaired) electrons. The average Bonchev–Trinajstić information content (AvgIpc) is 3.13. The number of carbonyl (C=O) groups is 1. The van der Waals surface area contributed by atoms with Crippen LogP contribution in [0.3, 0.4) is 0 Å². The lowest BCUT2D eigenvalue weighted by atomic mass is 10.1. The lowest BCUT2D eigenvalue weighted by Gasteiger charge is -2.16. The van der Waals surface area contributed by atoms with Crippen LogP contribution in [0, 0.1) is 0 Å². The number of amides is 1. The summed E-state index contributed by atoms with van der Waals surface area (Å²) in [7, 11) is 0. The summed E-state index contributed by atoms with van der Waals surface area (Å²) in [5.41, 5.74) is 1.81. The Morgan fingerprint density at radius 3 is 2.48 bits per heavy atom. The Bertz CT molecular complexity index is 547. The zero-order valence-electron chi connectivity index (χ0n) is 15.6. The van der Waals surface area contributed by atoms with Crippen molar-refractivity contribution >= 4 is 11.9 Å². The van der Waals surface area contributed by atoms with Crippen molar-refractivity contribution in [3.05, 3.63) is 35.4 Å². The van der Waals surface area contributed by atoms with Crippen molar-refractivity contribution < 1.29 is 4.79 Å². The molecule has 0 heterocycles. The Hall–Kier alpha value is -2.04. The second-order valence-corrected chi connectivity index (χ2v) is 6.63. The van der Waals surface area contributed by atoms with Crippen LogP contribution < -0.4 is 16.0 Å². The van der Waals surface area contributed by atoms with Crippen LogP contribution in [0.5, 0.6) is 0 Å². The molecule has 2 rings (SSSR count). The van der Waals surface area contributed by atoms with E-state index in [1.54, 1.807) is 0 Å². The largest absolute Gasteiger partial charge is 0.357 e. The molecular weight excluding hydrogens is 312 g/mol. The number of benzene rings is 1. The van der Waals surface area contributed by atoms with Gasteiger partial charge in [-0.3, -0.25) is 4.79 Å². The maximum absolute atomic E-state index is 12.0. The zero-order chi connectivity index (χ0) is 17.9. The molecule has 1 fully saturated rings. The molecule has 0 aromatic heterocycles. The van der Waals surface area contributed by atoms with E-state index in [9.17, 15) is 4.79 Å². The quantitative estimate of drug-likeness (QED) is 0.385. The Balaban J connectivity index is 1.88. The third-order valence-electron chi connectivity index (χ3n) is 4.49. The molecule has 0 atom stereocenters. The molecule has 1 aliphatic rings. The highest BCUT2D eigenvalue weighted by atomic mass is 16.1. The van der Waals surface area contributed by atoms with E-state index in [1.165, 1.54) is 25.7 Å². The van der Waals surface area contributed by atoms with E-state index in [-0.39, 0.29) is 5.91 Å². The maximum Gasteiger partial charge on any atom is 0.251 e. The number of hydrogen-bond donors (Lipinski definition) is 3. The first-order chi connectivity index (χ1) is 12.2. The number of nitrogens with zero attached hydrogens (tertiary/aromatic N) is 1. The van der Waals surface area contributed by atoms with Crippen LogP contribution in [0.25, 0.3) is 0 Å². The average molecular weight is 345 g/mol. The second-order valence-electron chi connectivity index (χ2n) is 6.63. The first-order valence-electron chi connectivity index (χ1n) is 9.65. The fourth-order valence-corrected chi connectivity index (χ4v) is 3.00. The lowest BCUT2D eigenvalue weighted by molar-refractivity contribution is 0.0953. The van der Waals surface area contributed by atoms with Gasteiger partial charge in [-0.25, -0.2) is 4.99 Å². The molecule has 1 amide bonds. The monoisotopic (exact) mass is 344 g/mol. The van der Waals surface area contributed by atoms with Crippen molar-refractivity contribution in [2.45, 2.75) is 65.0 Å². The molecule has 25 heavy (non-hydrogen) atoms. The molecule has 1 saturated carbocycles. The van der Waals surface area contributed by atoms with Crippen molar-refractivity contribution in [2.75, 3.05) is 13.1 Å². The molecule has 1 aromatic carbocycles. The Morgan fingerprint density at radius 2 is 1.84 bits per heavy atom. The van der Waals surface area contributed by atoms with Gasteiger partial charge in [0, 0.05) is 24.7 Å². The van der Waals surface area contributed by atoms with E-state index in [0.29, 0.717) is 18.2 Å². The SMILES string of the molecule is CCCCNC(=O)c1ccc(CN=C(NCC)NC2CCCC2)cc1. The van der Waals surface area contributed by atoms with Crippen molar-refractivity contribution in [1.82, 2.24) is 16.0 Å². The Morgan fingerprint density at radius 1 is 1.12 bits per heavy atom. The summed E-state index contributed by atoms with van der Waals surface area (Å²) < 4.78 is 0. The van der Waals surface area contributed by atoms with Crippen LogP contribution >= 0.6 is 0 Å². The van der Waals surface area contributed by atoms with Crippen molar-refractivity contribution in [3.8, 4) is 0 Å². The predicted octanol–water partition coefficient (Wildman–Crippen LogP) is 3.21. The summed E-state index contributed by atoms with van der Waals surface area (Å²) in [6.45, 7) is 6.40. The van der Waals surface area contributed by atoms with Crippen LogP contribution in [0.15, 0.2) is 29.3 Å². The smallest absolute Gasteiger partial charge is 0.251 e. The summed E-state index contributed by atoms with van der Waals surface area (Å²) >= 11 is 0. The van der Waals surface area contributed by atoms with Gasteiger partial charge in [0.2, 0.25) is 0 Å². The molecule has 138 valence electrons. The van der Waals surface area contributed by atoms with Gasteiger partial charge >= 0.3 is 0 Å². The minimum absolute atomic E-state index is 0.000241. The Kier molecular flexibility index (Phi) is 8.29. The number of aliphatic imine (C=N–C) groups is 1. The molecule has 0 saturated heterocycles. The van der Waals surface area contributed by atoms with E-state index in [1.807, 2.05) is 24.3 Å². The highest BCUT2D eigenvalue weighted by Gasteiger charge is 2.15. The van der Waals surface area contributed by atoms with Gasteiger partial charge in [0.1, 0.15) is 0 Å².